The van der Waals surface area contributed by atoms with Gasteiger partial charge in [0.25, 0.3) is 10.2 Å². The third kappa shape index (κ3) is 3.93. The molecule has 0 radical (unpaired) electrons. The number of hydrogen-bond donors (Lipinski definition) is 1. The van der Waals surface area contributed by atoms with Crippen molar-refractivity contribution in [1.82, 2.24) is 13.9 Å². The van der Waals surface area contributed by atoms with Crippen molar-refractivity contribution in [2.24, 2.45) is 0 Å². The molecule has 2 saturated heterocycles. The zero-order chi connectivity index (χ0) is 14.6. The second-order valence-electron chi connectivity index (χ2n) is 6.22. The van der Waals surface area contributed by atoms with Gasteiger partial charge in [-0.2, -0.15) is 17.0 Å². The molecule has 2 rings (SSSR count). The molecular weight excluding hydrogens is 274 g/mol. The molecular formula is C14H29N3O2S. The molecule has 2 atom stereocenters. The van der Waals surface area contributed by atoms with Crippen molar-refractivity contribution < 1.29 is 8.42 Å². The largest absolute Gasteiger partial charge is 0.314 e. The molecule has 0 aromatic rings. The fraction of sp³-hybridized carbons (Fsp3) is 1.00. The molecule has 2 heterocycles. The van der Waals surface area contributed by atoms with E-state index in [-0.39, 0.29) is 6.04 Å². The van der Waals surface area contributed by atoms with Gasteiger partial charge in [0.1, 0.15) is 0 Å². The van der Waals surface area contributed by atoms with E-state index < -0.39 is 10.2 Å². The smallest absolute Gasteiger partial charge is 0.281 e. The summed E-state index contributed by atoms with van der Waals surface area (Å²) in [5.74, 6) is 0. The van der Waals surface area contributed by atoms with Gasteiger partial charge in [-0.25, -0.2) is 0 Å². The van der Waals surface area contributed by atoms with Crippen LogP contribution in [0.1, 0.15) is 51.9 Å². The molecule has 0 amide bonds. The molecule has 1 N–H and O–H groups in total. The lowest BCUT2D eigenvalue weighted by Crippen LogP contribution is -2.49. The number of nitrogens with one attached hydrogen (secondary N) is 1. The molecule has 5 nitrogen and oxygen atoms in total. The molecule has 0 saturated carbocycles. The monoisotopic (exact) mass is 303 g/mol. The van der Waals surface area contributed by atoms with E-state index in [1.165, 1.54) is 19.3 Å². The first-order valence-corrected chi connectivity index (χ1v) is 9.38. The van der Waals surface area contributed by atoms with Crippen LogP contribution in [0.4, 0.5) is 0 Å². The highest BCUT2D eigenvalue weighted by molar-refractivity contribution is 7.86. The Morgan fingerprint density at radius 3 is 2.60 bits per heavy atom. The number of nitrogens with zero attached hydrogens (tertiary/aromatic N) is 2. The van der Waals surface area contributed by atoms with Crippen molar-refractivity contribution in [3.05, 3.63) is 0 Å². The number of rotatable bonds is 5. The summed E-state index contributed by atoms with van der Waals surface area (Å²) in [6, 6.07) is 0.629. The molecule has 0 aromatic heterocycles. The maximum atomic E-state index is 12.6. The number of piperidine rings is 2. The molecule has 2 aliphatic heterocycles. The third-order valence-corrected chi connectivity index (χ3v) is 6.74. The average Bonchev–Trinajstić information content (AvgIpc) is 2.46. The fourth-order valence-electron chi connectivity index (χ4n) is 3.22. The quantitative estimate of drug-likeness (QED) is 0.839. The van der Waals surface area contributed by atoms with E-state index in [0.717, 1.165) is 32.2 Å². The zero-order valence-electron chi connectivity index (χ0n) is 12.8. The fourth-order valence-corrected chi connectivity index (χ4v) is 4.83. The molecule has 6 heteroatoms. The average molecular weight is 303 g/mol. The molecule has 0 aromatic carbocycles. The lowest BCUT2D eigenvalue weighted by atomic mass is 10.0. The first kappa shape index (κ1) is 16.2. The minimum atomic E-state index is -3.27. The first-order chi connectivity index (χ1) is 9.51. The summed E-state index contributed by atoms with van der Waals surface area (Å²) in [6.07, 6.45) is 7.71. The van der Waals surface area contributed by atoms with Crippen LogP contribution in [0.3, 0.4) is 0 Å². The van der Waals surface area contributed by atoms with Crippen LogP contribution in [-0.2, 0) is 10.2 Å². The van der Waals surface area contributed by atoms with Crippen LogP contribution < -0.4 is 5.32 Å². The van der Waals surface area contributed by atoms with Crippen LogP contribution >= 0.6 is 0 Å². The SMILES string of the molecule is CC1CCCCN1S(=O)(=O)N(C)CCC1CCCCN1. The summed E-state index contributed by atoms with van der Waals surface area (Å²) in [7, 11) is -1.55. The van der Waals surface area contributed by atoms with Gasteiger partial charge in [-0.05, 0) is 45.6 Å². The van der Waals surface area contributed by atoms with Gasteiger partial charge in [0.2, 0.25) is 0 Å². The van der Waals surface area contributed by atoms with Crippen molar-refractivity contribution in [2.45, 2.75) is 64.0 Å². The summed E-state index contributed by atoms with van der Waals surface area (Å²) in [6.45, 7) is 4.39. The normalized spacial score (nSPS) is 29.8. The maximum Gasteiger partial charge on any atom is 0.281 e. The molecule has 2 unspecified atom stereocenters. The van der Waals surface area contributed by atoms with Gasteiger partial charge in [-0.3, -0.25) is 0 Å². The summed E-state index contributed by atoms with van der Waals surface area (Å²) in [4.78, 5) is 0. The van der Waals surface area contributed by atoms with Crippen LogP contribution in [0.5, 0.6) is 0 Å². The lowest BCUT2D eigenvalue weighted by molar-refractivity contribution is 0.247. The van der Waals surface area contributed by atoms with Crippen LogP contribution in [0, 0.1) is 0 Å². The predicted octanol–water partition coefficient (Wildman–Crippen LogP) is 1.57. The van der Waals surface area contributed by atoms with E-state index in [2.05, 4.69) is 5.32 Å². The van der Waals surface area contributed by atoms with Crippen LogP contribution in [0.25, 0.3) is 0 Å². The Labute approximate surface area is 123 Å². The van der Waals surface area contributed by atoms with E-state index in [1.807, 2.05) is 6.92 Å². The summed E-state index contributed by atoms with van der Waals surface area (Å²) in [5.41, 5.74) is 0. The Morgan fingerprint density at radius 1 is 1.20 bits per heavy atom. The highest BCUT2D eigenvalue weighted by Gasteiger charge is 2.32. The summed E-state index contributed by atoms with van der Waals surface area (Å²) < 4.78 is 28.4. The van der Waals surface area contributed by atoms with Crippen LogP contribution in [0.15, 0.2) is 0 Å². The second-order valence-corrected chi connectivity index (χ2v) is 8.21. The first-order valence-electron chi connectivity index (χ1n) is 7.98. The van der Waals surface area contributed by atoms with Crippen molar-refractivity contribution in [3.63, 3.8) is 0 Å². The molecule has 0 bridgehead atoms. The van der Waals surface area contributed by atoms with Crippen LogP contribution in [0.2, 0.25) is 0 Å². The summed E-state index contributed by atoms with van der Waals surface area (Å²) >= 11 is 0. The molecule has 0 aliphatic carbocycles. The topological polar surface area (TPSA) is 52.7 Å². The van der Waals surface area contributed by atoms with Gasteiger partial charge in [-0.1, -0.05) is 12.8 Å². The lowest BCUT2D eigenvalue weighted by Gasteiger charge is -2.35. The van der Waals surface area contributed by atoms with Crippen molar-refractivity contribution in [2.75, 3.05) is 26.7 Å². The predicted molar refractivity (Wildman–Crippen MR) is 81.8 cm³/mol. The highest BCUT2D eigenvalue weighted by atomic mass is 32.2. The molecule has 0 spiro atoms. The maximum absolute atomic E-state index is 12.6. The van der Waals surface area contributed by atoms with E-state index in [0.29, 0.717) is 19.1 Å². The van der Waals surface area contributed by atoms with Gasteiger partial charge < -0.3 is 5.32 Å². The van der Waals surface area contributed by atoms with E-state index in [9.17, 15) is 8.42 Å². The Kier molecular flexibility index (Phi) is 5.84. The van der Waals surface area contributed by atoms with Gasteiger partial charge in [0.05, 0.1) is 0 Å². The van der Waals surface area contributed by atoms with E-state index in [4.69, 9.17) is 0 Å². The zero-order valence-corrected chi connectivity index (χ0v) is 13.7. The standard InChI is InChI=1S/C14H29N3O2S/c1-13-7-4-6-11-17(13)20(18,19)16(2)12-9-14-8-3-5-10-15-14/h13-15H,3-12H2,1-2H3. The molecule has 2 fully saturated rings. The Balaban J connectivity index is 1.87. The van der Waals surface area contributed by atoms with Gasteiger partial charge in [0.15, 0.2) is 0 Å². The Morgan fingerprint density at radius 2 is 1.95 bits per heavy atom. The van der Waals surface area contributed by atoms with Gasteiger partial charge >= 0.3 is 0 Å². The Bertz CT molecular complexity index is 393. The van der Waals surface area contributed by atoms with Crippen LogP contribution in [-0.4, -0.2) is 55.8 Å². The summed E-state index contributed by atoms with van der Waals surface area (Å²) in [5, 5.41) is 3.48. The second kappa shape index (κ2) is 7.20. The van der Waals surface area contributed by atoms with E-state index in [1.54, 1.807) is 15.7 Å². The minimum Gasteiger partial charge on any atom is -0.314 e. The third-order valence-electron chi connectivity index (χ3n) is 4.64. The van der Waals surface area contributed by atoms with Crippen molar-refractivity contribution in [1.29, 1.82) is 0 Å². The molecule has 20 heavy (non-hydrogen) atoms. The Hall–Kier alpha value is -0.170. The number of hydrogen-bond acceptors (Lipinski definition) is 3. The minimum absolute atomic E-state index is 0.143. The van der Waals surface area contributed by atoms with Gasteiger partial charge in [0, 0.05) is 32.2 Å². The molecule has 2 aliphatic rings. The van der Waals surface area contributed by atoms with E-state index >= 15 is 0 Å². The van der Waals surface area contributed by atoms with Crippen molar-refractivity contribution >= 4 is 10.2 Å². The molecule has 118 valence electrons. The van der Waals surface area contributed by atoms with Gasteiger partial charge in [-0.15, -0.1) is 0 Å². The highest BCUT2D eigenvalue weighted by Crippen LogP contribution is 2.22. The van der Waals surface area contributed by atoms with Crippen molar-refractivity contribution in [3.8, 4) is 0 Å².